The SMILES string of the molecule is [CH3][Hg].[CH3][Hg][n]1cnc2c(N)ncnc21. The van der Waals surface area contributed by atoms with Crippen molar-refractivity contribution in [2.24, 2.45) is 0 Å². The van der Waals surface area contributed by atoms with Crippen molar-refractivity contribution in [2.75, 3.05) is 5.73 Å². The molecule has 0 aliphatic carbocycles. The number of aromatic nitrogens is 4. The summed E-state index contributed by atoms with van der Waals surface area (Å²) < 4.78 is 6.59. The molecular weight excluding hydrogens is 555 g/mol. The normalized spacial score (nSPS) is 9.14. The Morgan fingerprint density at radius 1 is 1.36 bits per heavy atom. The number of hydrogen-bond acceptors (Lipinski definition) is 4. The molecule has 2 heterocycles. The van der Waals surface area contributed by atoms with E-state index in [4.69, 9.17) is 5.73 Å². The molecule has 0 aliphatic heterocycles. The van der Waals surface area contributed by atoms with E-state index in [2.05, 4.69) is 26.1 Å². The number of fused-ring (bicyclic) bond motifs is 1. The maximum absolute atomic E-state index is 5.62. The molecule has 0 saturated carbocycles. The van der Waals surface area contributed by atoms with Crippen molar-refractivity contribution in [3.05, 3.63) is 12.7 Å². The molecule has 0 unspecified atom stereocenters. The molecule has 2 rings (SSSR count). The Morgan fingerprint density at radius 3 is 2.71 bits per heavy atom. The van der Waals surface area contributed by atoms with Crippen LogP contribution in [0, 0.1) is 0 Å². The summed E-state index contributed by atoms with van der Waals surface area (Å²) in [4.78, 5) is 12.2. The number of nitrogens with two attached hydrogens (primary N) is 1. The summed E-state index contributed by atoms with van der Waals surface area (Å²) >= 11 is 0.0500. The zero-order valence-corrected chi connectivity index (χ0v) is 19.4. The molecule has 0 atom stereocenters. The second-order valence-corrected chi connectivity index (χ2v) is 7.57. The molecule has 2 aromatic heterocycles. The van der Waals surface area contributed by atoms with Crippen molar-refractivity contribution in [3.8, 4) is 0 Å². The second-order valence-electron chi connectivity index (χ2n) is 2.46. The molecule has 0 bridgehead atoms. The summed E-state index contributed by atoms with van der Waals surface area (Å²) in [6.45, 7) is 0. The average molecular weight is 565 g/mol. The summed E-state index contributed by atoms with van der Waals surface area (Å²) in [6, 6.07) is 0. The van der Waals surface area contributed by atoms with Crippen LogP contribution < -0.4 is 5.73 Å². The van der Waals surface area contributed by atoms with E-state index in [1.807, 2.05) is 6.33 Å². The van der Waals surface area contributed by atoms with Gasteiger partial charge in [-0.25, -0.2) is 0 Å². The van der Waals surface area contributed by atoms with Crippen LogP contribution in [0.5, 0.6) is 0 Å². The molecule has 0 fully saturated rings. The van der Waals surface area contributed by atoms with Crippen LogP contribution in [0.4, 0.5) is 5.82 Å². The fourth-order valence-corrected chi connectivity index (χ4v) is 4.15. The third-order valence-corrected chi connectivity index (χ3v) is 6.22. The Kier molecular flexibility index (Phi) is 5.22. The van der Waals surface area contributed by atoms with Crippen LogP contribution >= 0.6 is 0 Å². The molecule has 0 aromatic carbocycles. The first-order valence-electron chi connectivity index (χ1n) is 4.45. The molecule has 0 radical (unpaired) electrons. The van der Waals surface area contributed by atoms with E-state index >= 15 is 0 Å². The minimum atomic E-state index is -0.978. The Hall–Kier alpha value is 0.220. The van der Waals surface area contributed by atoms with Crippen molar-refractivity contribution >= 4 is 17.0 Å². The number of anilines is 1. The molecule has 0 aliphatic rings. The molecule has 0 saturated heterocycles. The zero-order valence-electron chi connectivity index (χ0n) is 8.44. The zero-order chi connectivity index (χ0) is 10.6. The van der Waals surface area contributed by atoms with Gasteiger partial charge in [-0.2, -0.15) is 0 Å². The van der Waals surface area contributed by atoms with E-state index in [0.717, 1.165) is 37.3 Å². The van der Waals surface area contributed by atoms with Gasteiger partial charge < -0.3 is 0 Å². The quantitative estimate of drug-likeness (QED) is 0.522. The van der Waals surface area contributed by atoms with Crippen LogP contribution in [-0.4, -0.2) is 17.3 Å². The van der Waals surface area contributed by atoms with Gasteiger partial charge in [-0.15, -0.1) is 0 Å². The molecule has 67 valence electrons. The first-order chi connectivity index (χ1) is 6.83. The molecular formula is C7H10Hg2N5. The molecule has 0 spiro atoms. The Labute approximate surface area is 111 Å². The van der Waals surface area contributed by atoms with Gasteiger partial charge in [0.15, 0.2) is 0 Å². The number of nitrogen functional groups attached to an aromatic ring is 1. The number of rotatable bonds is 1. The number of hydrogen-bond donors (Lipinski definition) is 1. The van der Waals surface area contributed by atoms with E-state index in [0.29, 0.717) is 5.82 Å². The van der Waals surface area contributed by atoms with Crippen LogP contribution in [0.2, 0.25) is 8.86 Å². The van der Waals surface area contributed by atoms with E-state index < -0.39 is 24.9 Å². The molecule has 0 amide bonds. The van der Waals surface area contributed by atoms with Crippen LogP contribution in [0.15, 0.2) is 12.7 Å². The van der Waals surface area contributed by atoms with Crippen molar-refractivity contribution in [1.29, 1.82) is 0 Å². The van der Waals surface area contributed by atoms with E-state index in [9.17, 15) is 0 Å². The van der Waals surface area contributed by atoms with Crippen molar-refractivity contribution in [2.45, 2.75) is 8.86 Å². The number of imidazole rings is 1. The van der Waals surface area contributed by atoms with E-state index in [-0.39, 0.29) is 0 Å². The molecule has 14 heavy (non-hydrogen) atoms. The topological polar surface area (TPSA) is 69.6 Å². The molecule has 2 aromatic rings. The fourth-order valence-electron chi connectivity index (χ4n) is 1.13. The van der Waals surface area contributed by atoms with Crippen LogP contribution in [0.1, 0.15) is 0 Å². The second kappa shape index (κ2) is 5.95. The minimum absolute atomic E-state index is 0.473. The summed E-state index contributed by atoms with van der Waals surface area (Å²) in [5.41, 5.74) is 7.25. The maximum atomic E-state index is 5.62. The van der Waals surface area contributed by atoms with Gasteiger partial charge in [0.25, 0.3) is 0 Å². The molecule has 2 N–H and O–H groups in total. The van der Waals surface area contributed by atoms with Crippen LogP contribution in [0.25, 0.3) is 11.2 Å². The molecule has 5 nitrogen and oxygen atoms in total. The summed E-state index contributed by atoms with van der Waals surface area (Å²) in [5.74, 6) is 0.473. The van der Waals surface area contributed by atoms with Gasteiger partial charge in [0, 0.05) is 0 Å². The van der Waals surface area contributed by atoms with Crippen molar-refractivity contribution < 1.29 is 51.0 Å². The Bertz CT molecular complexity index is 413. The predicted molar refractivity (Wildman–Crippen MR) is 46.9 cm³/mol. The summed E-state index contributed by atoms with van der Waals surface area (Å²) in [5, 5.41) is 0. The van der Waals surface area contributed by atoms with Crippen LogP contribution in [-0.2, 0) is 51.0 Å². The number of nitrogens with zero attached hydrogens (tertiary/aromatic N) is 4. The van der Waals surface area contributed by atoms with Gasteiger partial charge in [-0.05, 0) is 0 Å². The van der Waals surface area contributed by atoms with Gasteiger partial charge in [-0.3, -0.25) is 0 Å². The van der Waals surface area contributed by atoms with Gasteiger partial charge in [0.1, 0.15) is 0 Å². The fraction of sp³-hybridized carbons (Fsp3) is 0.286. The van der Waals surface area contributed by atoms with E-state index in [1.165, 1.54) is 6.33 Å². The first kappa shape index (κ1) is 12.3. The van der Waals surface area contributed by atoms with Gasteiger partial charge in [-0.1, -0.05) is 0 Å². The summed E-state index contributed by atoms with van der Waals surface area (Å²) in [6.07, 6.45) is 3.30. The predicted octanol–water partition coefficient (Wildman–Crippen LogP) is 0.883. The van der Waals surface area contributed by atoms with Crippen molar-refractivity contribution in [3.63, 3.8) is 0 Å². The van der Waals surface area contributed by atoms with Crippen molar-refractivity contribution in [1.82, 2.24) is 17.3 Å². The molecule has 7 heteroatoms. The monoisotopic (exact) mass is 568 g/mol. The third-order valence-electron chi connectivity index (χ3n) is 1.77. The van der Waals surface area contributed by atoms with Crippen LogP contribution in [0.3, 0.4) is 0 Å². The average Bonchev–Trinajstić information content (AvgIpc) is 2.65. The summed E-state index contributed by atoms with van der Waals surface area (Å²) in [7, 11) is 0. The van der Waals surface area contributed by atoms with E-state index in [1.54, 1.807) is 0 Å². The first-order valence-corrected chi connectivity index (χ1v) is 17.9. The standard InChI is InChI=1S/C5H4N5.2CH3.2Hg/c6-4-3-5(9-1-7-3)10-2-8-4;;;;/h1-2H,(H2-,6,7,8,9,10);2*1H3;;/q-1;;;;+1. The van der Waals surface area contributed by atoms with Gasteiger partial charge in [0.05, 0.1) is 0 Å². The Balaban J connectivity index is 0.000000461. The Morgan fingerprint density at radius 2 is 2.07 bits per heavy atom. The third kappa shape index (κ3) is 2.42. The van der Waals surface area contributed by atoms with Gasteiger partial charge >= 0.3 is 113 Å². The van der Waals surface area contributed by atoms with Gasteiger partial charge in [0.2, 0.25) is 0 Å².